The number of benzene rings is 3. The number of nitrogens with zero attached hydrogens (tertiary/aromatic N) is 2. The molecule has 0 aliphatic heterocycles. The van der Waals surface area contributed by atoms with E-state index in [9.17, 15) is 18.0 Å². The van der Waals surface area contributed by atoms with Crippen molar-refractivity contribution in [1.82, 2.24) is 10.2 Å². The lowest BCUT2D eigenvalue weighted by Crippen LogP contribution is -2.53. The lowest BCUT2D eigenvalue weighted by atomic mass is 9.95. The summed E-state index contributed by atoms with van der Waals surface area (Å²) in [6.45, 7) is 3.03. The largest absolute Gasteiger partial charge is 0.352 e. The number of hydrogen-bond acceptors (Lipinski definition) is 4. The molecule has 0 saturated heterocycles. The molecule has 1 saturated carbocycles. The maximum Gasteiger partial charge on any atom is 0.264 e. The van der Waals surface area contributed by atoms with E-state index >= 15 is 0 Å². The molecule has 0 aromatic heterocycles. The van der Waals surface area contributed by atoms with Crippen LogP contribution in [0.25, 0.3) is 0 Å². The van der Waals surface area contributed by atoms with E-state index in [1.54, 1.807) is 31.2 Å². The second kappa shape index (κ2) is 14.3. The molecule has 42 heavy (non-hydrogen) atoms. The Labute approximate surface area is 266 Å². The van der Waals surface area contributed by atoms with Gasteiger partial charge in [0.1, 0.15) is 12.6 Å². The van der Waals surface area contributed by atoms with Crippen molar-refractivity contribution in [2.24, 2.45) is 0 Å². The number of nitrogens with one attached hydrogen (secondary N) is 1. The summed E-state index contributed by atoms with van der Waals surface area (Å²) in [5.41, 5.74) is 1.74. The molecule has 1 aliphatic carbocycles. The van der Waals surface area contributed by atoms with Crippen molar-refractivity contribution >= 4 is 66.7 Å². The van der Waals surface area contributed by atoms with Gasteiger partial charge in [-0.1, -0.05) is 94.3 Å². The van der Waals surface area contributed by atoms with E-state index in [0.29, 0.717) is 0 Å². The van der Waals surface area contributed by atoms with Crippen LogP contribution in [-0.2, 0) is 26.2 Å². The molecule has 0 unspecified atom stereocenters. The highest BCUT2D eigenvalue weighted by molar-refractivity contribution is 9.10. The van der Waals surface area contributed by atoms with Crippen molar-refractivity contribution in [1.29, 1.82) is 0 Å². The number of aryl methyl sites for hydroxylation is 1. The molecular weight excluding hydrogens is 661 g/mol. The van der Waals surface area contributed by atoms with Crippen LogP contribution in [0.4, 0.5) is 5.69 Å². The Morgan fingerprint density at radius 2 is 1.62 bits per heavy atom. The van der Waals surface area contributed by atoms with Gasteiger partial charge in [0.25, 0.3) is 10.0 Å². The molecule has 3 aromatic rings. The zero-order chi connectivity index (χ0) is 30.4. The fourth-order valence-corrected chi connectivity index (χ4v) is 7.11. The van der Waals surface area contributed by atoms with Crippen LogP contribution in [0, 0.1) is 6.92 Å². The van der Waals surface area contributed by atoms with Gasteiger partial charge in [0.05, 0.1) is 20.6 Å². The Morgan fingerprint density at radius 1 is 0.976 bits per heavy atom. The quantitative estimate of drug-likeness (QED) is 0.245. The van der Waals surface area contributed by atoms with Gasteiger partial charge >= 0.3 is 0 Å². The monoisotopic (exact) mass is 693 g/mol. The van der Waals surface area contributed by atoms with Crippen LogP contribution in [-0.4, -0.2) is 43.8 Å². The summed E-state index contributed by atoms with van der Waals surface area (Å²) in [4.78, 5) is 29.0. The van der Waals surface area contributed by atoms with Crippen LogP contribution in [0.1, 0.15) is 50.2 Å². The van der Waals surface area contributed by atoms with Gasteiger partial charge in [0.2, 0.25) is 11.8 Å². The summed E-state index contributed by atoms with van der Waals surface area (Å²) in [6, 6.07) is 17.6. The first-order valence-electron chi connectivity index (χ1n) is 13.8. The molecule has 224 valence electrons. The summed E-state index contributed by atoms with van der Waals surface area (Å²) >= 11 is 16.2. The van der Waals surface area contributed by atoms with E-state index in [4.69, 9.17) is 23.2 Å². The van der Waals surface area contributed by atoms with Crippen LogP contribution in [0.2, 0.25) is 10.0 Å². The Bertz CT molecular complexity index is 1510. The fraction of sp³-hybridized carbons (Fsp3) is 0.355. The molecule has 4 rings (SSSR count). The molecule has 7 nitrogen and oxygen atoms in total. The van der Waals surface area contributed by atoms with Gasteiger partial charge in [0.15, 0.2) is 0 Å². The third-order valence-corrected chi connectivity index (χ3v) is 10.6. The minimum atomic E-state index is -4.25. The maximum atomic E-state index is 14.1. The molecule has 1 atom stereocenters. The molecule has 1 N–H and O–H groups in total. The summed E-state index contributed by atoms with van der Waals surface area (Å²) < 4.78 is 29.8. The standard InChI is InChI=1S/C31H34BrCl2N3O4S/c1-21-11-17-26(18-12-21)42(40,41)37(28-10-6-9-27(33)30(28)34)20-29(38)36(19-23-13-15-24(32)16-14-23)22(2)31(39)35-25-7-4-3-5-8-25/h6,9-18,22,25H,3-5,7-8,19-20H2,1-2H3,(H,35,39)/t22-/m0/s1. The second-order valence-electron chi connectivity index (χ2n) is 10.6. The zero-order valence-electron chi connectivity index (χ0n) is 23.5. The first-order valence-corrected chi connectivity index (χ1v) is 16.8. The zero-order valence-corrected chi connectivity index (χ0v) is 27.4. The fourth-order valence-electron chi connectivity index (χ4n) is 4.97. The first-order chi connectivity index (χ1) is 20.0. The smallest absolute Gasteiger partial charge is 0.264 e. The van der Waals surface area contributed by atoms with Gasteiger partial charge in [-0.25, -0.2) is 8.42 Å². The number of sulfonamides is 1. The highest BCUT2D eigenvalue weighted by atomic mass is 79.9. The third-order valence-electron chi connectivity index (χ3n) is 7.47. The van der Waals surface area contributed by atoms with E-state index in [0.717, 1.165) is 52.0 Å². The SMILES string of the molecule is Cc1ccc(S(=O)(=O)N(CC(=O)N(Cc2ccc(Br)cc2)[C@@H](C)C(=O)NC2CCCCC2)c2cccc(Cl)c2Cl)cc1. The summed E-state index contributed by atoms with van der Waals surface area (Å²) in [6.07, 6.45) is 5.04. The average Bonchev–Trinajstić information content (AvgIpc) is 2.97. The van der Waals surface area contributed by atoms with Crippen molar-refractivity contribution in [2.75, 3.05) is 10.8 Å². The normalized spacial score (nSPS) is 14.7. The molecule has 3 aromatic carbocycles. The van der Waals surface area contributed by atoms with E-state index < -0.39 is 28.5 Å². The minimum Gasteiger partial charge on any atom is -0.352 e. The number of carbonyl (C=O) groups excluding carboxylic acids is 2. The second-order valence-corrected chi connectivity index (χ2v) is 14.1. The summed E-state index contributed by atoms with van der Waals surface area (Å²) in [5.74, 6) is -0.836. The maximum absolute atomic E-state index is 14.1. The highest BCUT2D eigenvalue weighted by Crippen LogP contribution is 2.35. The van der Waals surface area contributed by atoms with E-state index in [2.05, 4.69) is 21.2 Å². The number of anilines is 1. The average molecular weight is 696 g/mol. The molecule has 0 radical (unpaired) electrons. The van der Waals surface area contributed by atoms with E-state index in [-0.39, 0.29) is 39.1 Å². The minimum absolute atomic E-state index is 0.000471. The molecule has 11 heteroatoms. The summed E-state index contributed by atoms with van der Waals surface area (Å²) in [5, 5.41) is 3.26. The van der Waals surface area contributed by atoms with Crippen LogP contribution in [0.15, 0.2) is 76.1 Å². The number of halogens is 3. The predicted molar refractivity (Wildman–Crippen MR) is 171 cm³/mol. The first kappa shape index (κ1) is 32.3. The Morgan fingerprint density at radius 3 is 2.26 bits per heavy atom. The van der Waals surface area contributed by atoms with Gasteiger partial charge in [-0.3, -0.25) is 13.9 Å². The molecule has 0 spiro atoms. The number of carbonyl (C=O) groups is 2. The van der Waals surface area contributed by atoms with Crippen molar-refractivity contribution < 1.29 is 18.0 Å². The van der Waals surface area contributed by atoms with Gasteiger partial charge in [-0.05, 0) is 68.7 Å². The van der Waals surface area contributed by atoms with Crippen LogP contribution >= 0.6 is 39.1 Å². The lowest BCUT2D eigenvalue weighted by molar-refractivity contribution is -0.139. The molecule has 0 bridgehead atoms. The van der Waals surface area contributed by atoms with Crippen molar-refractivity contribution in [3.63, 3.8) is 0 Å². The van der Waals surface area contributed by atoms with Crippen LogP contribution in [0.3, 0.4) is 0 Å². The molecule has 1 aliphatic rings. The van der Waals surface area contributed by atoms with Gasteiger partial charge in [-0.2, -0.15) is 0 Å². The Hall–Kier alpha value is -2.59. The van der Waals surface area contributed by atoms with E-state index in [1.807, 2.05) is 31.2 Å². The Balaban J connectivity index is 1.70. The third kappa shape index (κ3) is 7.86. The molecular formula is C31H34BrCl2N3O4S. The molecule has 0 heterocycles. The van der Waals surface area contributed by atoms with Crippen LogP contribution < -0.4 is 9.62 Å². The predicted octanol–water partition coefficient (Wildman–Crippen LogP) is 7.13. The van der Waals surface area contributed by atoms with Crippen molar-refractivity contribution in [2.45, 2.75) is 69.5 Å². The highest BCUT2D eigenvalue weighted by Gasteiger charge is 2.34. The lowest BCUT2D eigenvalue weighted by Gasteiger charge is -2.33. The van der Waals surface area contributed by atoms with Gasteiger partial charge in [0, 0.05) is 17.1 Å². The van der Waals surface area contributed by atoms with E-state index in [1.165, 1.54) is 23.1 Å². The number of rotatable bonds is 10. The van der Waals surface area contributed by atoms with Crippen molar-refractivity contribution in [3.8, 4) is 0 Å². The van der Waals surface area contributed by atoms with Crippen molar-refractivity contribution in [3.05, 3.63) is 92.4 Å². The van der Waals surface area contributed by atoms with Crippen LogP contribution in [0.5, 0.6) is 0 Å². The number of hydrogen-bond donors (Lipinski definition) is 1. The molecule has 2 amide bonds. The van der Waals surface area contributed by atoms with Gasteiger partial charge < -0.3 is 10.2 Å². The topological polar surface area (TPSA) is 86.8 Å². The Kier molecular flexibility index (Phi) is 11.0. The summed E-state index contributed by atoms with van der Waals surface area (Å²) in [7, 11) is -4.25. The van der Waals surface area contributed by atoms with Gasteiger partial charge in [-0.15, -0.1) is 0 Å². The molecule has 1 fully saturated rings. The number of amides is 2.